The smallest absolute Gasteiger partial charge is 0.0812 e. The van der Waals surface area contributed by atoms with E-state index in [4.69, 9.17) is 0 Å². The lowest BCUT2D eigenvalue weighted by molar-refractivity contribution is 1.30. The maximum Gasteiger partial charge on any atom is 0.0812 e. The fourth-order valence-corrected chi connectivity index (χ4v) is 1.85. The van der Waals surface area contributed by atoms with Crippen LogP contribution in [0.25, 0.3) is 10.8 Å². The van der Waals surface area contributed by atoms with Gasteiger partial charge in [0.2, 0.25) is 0 Å². The summed E-state index contributed by atoms with van der Waals surface area (Å²) >= 11 is 0. The molecule has 1 heterocycles. The van der Waals surface area contributed by atoms with Gasteiger partial charge in [0.1, 0.15) is 0 Å². The van der Waals surface area contributed by atoms with Gasteiger partial charge in [-0.15, -0.1) is 0 Å². The number of hydrogen-bond donors (Lipinski definition) is 0. The first-order valence-corrected chi connectivity index (χ1v) is 5.86. The van der Waals surface area contributed by atoms with Crippen molar-refractivity contribution in [2.24, 2.45) is 4.99 Å². The van der Waals surface area contributed by atoms with Crippen LogP contribution in [0.4, 0.5) is 5.69 Å². The van der Waals surface area contributed by atoms with Gasteiger partial charge in [-0.3, -0.25) is 9.98 Å². The Morgan fingerprint density at radius 3 is 2.50 bits per heavy atom. The van der Waals surface area contributed by atoms with E-state index in [9.17, 15) is 0 Å². The summed E-state index contributed by atoms with van der Waals surface area (Å²) in [5.41, 5.74) is 1.81. The van der Waals surface area contributed by atoms with Crippen molar-refractivity contribution in [1.82, 2.24) is 4.98 Å². The Bertz CT molecular complexity index is 688. The van der Waals surface area contributed by atoms with Gasteiger partial charge in [-0.05, 0) is 35.0 Å². The molecule has 3 aromatic rings. The highest BCUT2D eigenvalue weighted by Crippen LogP contribution is 2.20. The van der Waals surface area contributed by atoms with Gasteiger partial charge in [0, 0.05) is 6.20 Å². The van der Waals surface area contributed by atoms with Crippen molar-refractivity contribution in [2.45, 2.75) is 0 Å². The standard InChI is InChI=1S/C16H12N2/c1-2-6-14-11-15(9-8-13(14)5-1)18-12-16-7-3-4-10-17-16/h1-12H. The van der Waals surface area contributed by atoms with E-state index in [1.807, 2.05) is 36.4 Å². The number of hydrogen-bond acceptors (Lipinski definition) is 2. The molecule has 3 rings (SSSR count). The Morgan fingerprint density at radius 2 is 1.67 bits per heavy atom. The third kappa shape index (κ3) is 2.28. The first kappa shape index (κ1) is 10.7. The van der Waals surface area contributed by atoms with E-state index in [0.717, 1.165) is 11.4 Å². The van der Waals surface area contributed by atoms with Gasteiger partial charge in [0.25, 0.3) is 0 Å². The van der Waals surface area contributed by atoms with Crippen LogP contribution in [-0.2, 0) is 0 Å². The van der Waals surface area contributed by atoms with Gasteiger partial charge in [-0.1, -0.05) is 36.4 Å². The van der Waals surface area contributed by atoms with Gasteiger partial charge in [-0.25, -0.2) is 0 Å². The monoisotopic (exact) mass is 232 g/mol. The quantitative estimate of drug-likeness (QED) is 0.613. The number of aromatic nitrogens is 1. The highest BCUT2D eigenvalue weighted by Gasteiger charge is 1.94. The molecule has 0 N–H and O–H groups in total. The molecule has 0 saturated heterocycles. The minimum Gasteiger partial charge on any atom is -0.255 e. The van der Waals surface area contributed by atoms with Gasteiger partial charge >= 0.3 is 0 Å². The molecule has 86 valence electrons. The third-order valence-corrected chi connectivity index (χ3v) is 2.77. The molecule has 1 aromatic heterocycles. The van der Waals surface area contributed by atoms with Crippen LogP contribution in [0.1, 0.15) is 5.69 Å². The van der Waals surface area contributed by atoms with E-state index >= 15 is 0 Å². The molecule has 0 fully saturated rings. The molecule has 0 amide bonds. The summed E-state index contributed by atoms with van der Waals surface area (Å²) in [6.07, 6.45) is 3.55. The first-order valence-electron chi connectivity index (χ1n) is 5.86. The zero-order valence-corrected chi connectivity index (χ0v) is 9.82. The molecular weight excluding hydrogens is 220 g/mol. The minimum atomic E-state index is 0.866. The third-order valence-electron chi connectivity index (χ3n) is 2.77. The van der Waals surface area contributed by atoms with Gasteiger partial charge in [0.15, 0.2) is 0 Å². The number of rotatable bonds is 2. The Labute approximate surface area is 106 Å². The average molecular weight is 232 g/mol. The SMILES string of the molecule is C(=Nc1ccc2ccccc2c1)c1ccccn1. The Hall–Kier alpha value is -2.48. The van der Waals surface area contributed by atoms with E-state index in [1.54, 1.807) is 12.4 Å². The van der Waals surface area contributed by atoms with Crippen LogP contribution in [-0.4, -0.2) is 11.2 Å². The van der Waals surface area contributed by atoms with Crippen LogP contribution < -0.4 is 0 Å². The number of pyridine rings is 1. The molecule has 18 heavy (non-hydrogen) atoms. The fourth-order valence-electron chi connectivity index (χ4n) is 1.85. The molecule has 2 nitrogen and oxygen atoms in total. The molecule has 0 radical (unpaired) electrons. The van der Waals surface area contributed by atoms with Crippen LogP contribution in [0.3, 0.4) is 0 Å². The summed E-state index contributed by atoms with van der Waals surface area (Å²) in [5.74, 6) is 0. The Kier molecular flexibility index (Phi) is 2.84. The summed E-state index contributed by atoms with van der Waals surface area (Å²) in [6.45, 7) is 0. The largest absolute Gasteiger partial charge is 0.255 e. The lowest BCUT2D eigenvalue weighted by Crippen LogP contribution is -1.83. The van der Waals surface area contributed by atoms with Crippen molar-refractivity contribution in [2.75, 3.05) is 0 Å². The van der Waals surface area contributed by atoms with E-state index in [0.29, 0.717) is 0 Å². The Morgan fingerprint density at radius 1 is 0.833 bits per heavy atom. The molecule has 0 aliphatic carbocycles. The summed E-state index contributed by atoms with van der Waals surface area (Å²) < 4.78 is 0. The number of fused-ring (bicyclic) bond motifs is 1. The van der Waals surface area contributed by atoms with E-state index in [1.165, 1.54) is 10.8 Å². The summed E-state index contributed by atoms with van der Waals surface area (Å²) in [7, 11) is 0. The second kappa shape index (κ2) is 4.80. The van der Waals surface area contributed by atoms with Crippen molar-refractivity contribution in [3.8, 4) is 0 Å². The Balaban J connectivity index is 1.93. The lowest BCUT2D eigenvalue weighted by atomic mass is 10.1. The van der Waals surface area contributed by atoms with Crippen LogP contribution in [0.5, 0.6) is 0 Å². The maximum atomic E-state index is 4.44. The molecule has 0 unspecified atom stereocenters. The van der Waals surface area contributed by atoms with Gasteiger partial charge < -0.3 is 0 Å². The van der Waals surface area contributed by atoms with Gasteiger partial charge in [0.05, 0.1) is 17.6 Å². The van der Waals surface area contributed by atoms with Crippen molar-refractivity contribution < 1.29 is 0 Å². The summed E-state index contributed by atoms with van der Waals surface area (Å²) in [5, 5.41) is 2.43. The fraction of sp³-hybridized carbons (Fsp3) is 0. The van der Waals surface area contributed by atoms with Crippen molar-refractivity contribution in [3.05, 3.63) is 72.6 Å². The normalized spacial score (nSPS) is 11.1. The average Bonchev–Trinajstić information content (AvgIpc) is 2.46. The molecule has 0 spiro atoms. The summed E-state index contributed by atoms with van der Waals surface area (Å²) in [4.78, 5) is 8.65. The van der Waals surface area contributed by atoms with Crippen molar-refractivity contribution in [1.29, 1.82) is 0 Å². The topological polar surface area (TPSA) is 25.2 Å². The van der Waals surface area contributed by atoms with Crippen LogP contribution in [0.15, 0.2) is 71.9 Å². The van der Waals surface area contributed by atoms with Crippen LogP contribution in [0, 0.1) is 0 Å². The van der Waals surface area contributed by atoms with E-state index in [-0.39, 0.29) is 0 Å². The second-order valence-corrected chi connectivity index (χ2v) is 4.04. The van der Waals surface area contributed by atoms with E-state index < -0.39 is 0 Å². The second-order valence-electron chi connectivity index (χ2n) is 4.04. The zero-order chi connectivity index (χ0) is 12.2. The predicted octanol–water partition coefficient (Wildman–Crippen LogP) is 3.99. The molecule has 0 bridgehead atoms. The highest BCUT2D eigenvalue weighted by atomic mass is 14.8. The number of benzene rings is 2. The number of nitrogens with zero attached hydrogens (tertiary/aromatic N) is 2. The number of aliphatic imine (C=N–C) groups is 1. The lowest BCUT2D eigenvalue weighted by Gasteiger charge is -1.98. The van der Waals surface area contributed by atoms with Crippen LogP contribution >= 0.6 is 0 Å². The highest BCUT2D eigenvalue weighted by molar-refractivity contribution is 5.87. The van der Waals surface area contributed by atoms with Crippen molar-refractivity contribution >= 4 is 22.7 Å². The minimum absolute atomic E-state index is 0.866. The zero-order valence-electron chi connectivity index (χ0n) is 9.82. The molecule has 0 atom stereocenters. The first-order chi connectivity index (χ1) is 8.92. The van der Waals surface area contributed by atoms with Crippen molar-refractivity contribution in [3.63, 3.8) is 0 Å². The summed E-state index contributed by atoms with van der Waals surface area (Å²) in [6, 6.07) is 20.2. The molecular formula is C16H12N2. The predicted molar refractivity (Wildman–Crippen MR) is 75.4 cm³/mol. The molecule has 0 aliphatic heterocycles. The molecule has 0 saturated carbocycles. The van der Waals surface area contributed by atoms with Crippen LogP contribution in [0.2, 0.25) is 0 Å². The van der Waals surface area contributed by atoms with E-state index in [2.05, 4.69) is 34.2 Å². The molecule has 2 heteroatoms. The molecule has 0 aliphatic rings. The molecule has 2 aromatic carbocycles. The maximum absolute atomic E-state index is 4.44. The van der Waals surface area contributed by atoms with Gasteiger partial charge in [-0.2, -0.15) is 0 Å².